The Kier molecular flexibility index (Phi) is 4.16. The first-order chi connectivity index (χ1) is 10.2. The Bertz CT molecular complexity index is 787. The molecular weight excluding hydrogens is 276 g/mol. The van der Waals surface area contributed by atoms with Crippen molar-refractivity contribution in [1.29, 1.82) is 0 Å². The molecule has 0 saturated heterocycles. The Labute approximate surface area is 128 Å². The highest BCUT2D eigenvalue weighted by molar-refractivity contribution is 7.83. The van der Waals surface area contributed by atoms with E-state index in [4.69, 9.17) is 0 Å². The topological polar surface area (TPSA) is 17.1 Å². The first kappa shape index (κ1) is 14.0. The summed E-state index contributed by atoms with van der Waals surface area (Å²) in [5.41, 5.74) is 3.56. The van der Waals surface area contributed by atoms with Gasteiger partial charge in [-0.2, -0.15) is 0 Å². The van der Waals surface area contributed by atoms with Crippen LogP contribution in [0, 0.1) is 6.92 Å². The Morgan fingerprint density at radius 2 is 1.38 bits per heavy atom. The van der Waals surface area contributed by atoms with Gasteiger partial charge < -0.3 is 0 Å². The van der Waals surface area contributed by atoms with Gasteiger partial charge in [-0.25, -0.2) is 0 Å². The highest BCUT2D eigenvalue weighted by Gasteiger charge is 2.07. The summed E-state index contributed by atoms with van der Waals surface area (Å²) in [5, 5.41) is 2.42. The largest absolute Gasteiger partial charge is 0.259 e. The van der Waals surface area contributed by atoms with Gasteiger partial charge in [-0.05, 0) is 34.4 Å². The lowest BCUT2D eigenvalue weighted by molar-refractivity contribution is 0.682. The normalized spacial score (nSPS) is 12.4. The van der Waals surface area contributed by atoms with E-state index in [1.165, 1.54) is 27.5 Å². The summed E-state index contributed by atoms with van der Waals surface area (Å²) in [6.07, 6.45) is 0. The molecule has 0 saturated carbocycles. The molecule has 0 amide bonds. The van der Waals surface area contributed by atoms with Crippen molar-refractivity contribution in [1.82, 2.24) is 0 Å². The Balaban J connectivity index is 1.82. The Hall–Kier alpha value is -1.93. The summed E-state index contributed by atoms with van der Waals surface area (Å²) in [5.74, 6) is 1.23. The minimum Gasteiger partial charge on any atom is -0.259 e. The molecule has 0 heterocycles. The van der Waals surface area contributed by atoms with Crippen molar-refractivity contribution >= 4 is 21.6 Å². The van der Waals surface area contributed by atoms with Crippen LogP contribution in [0.3, 0.4) is 0 Å². The average molecular weight is 294 g/mol. The number of aryl methyl sites for hydroxylation is 1. The number of hydrogen-bond donors (Lipinski definition) is 0. The highest BCUT2D eigenvalue weighted by atomic mass is 32.2. The monoisotopic (exact) mass is 294 g/mol. The first-order valence-corrected chi connectivity index (χ1v) is 8.59. The molecule has 3 rings (SSSR count). The molecule has 0 aliphatic carbocycles. The van der Waals surface area contributed by atoms with Crippen molar-refractivity contribution in [2.24, 2.45) is 0 Å². The van der Waals surface area contributed by atoms with E-state index in [1.54, 1.807) is 0 Å². The zero-order chi connectivity index (χ0) is 14.7. The average Bonchev–Trinajstić information content (AvgIpc) is 2.50. The molecule has 3 aromatic carbocycles. The highest BCUT2D eigenvalue weighted by Crippen LogP contribution is 2.21. The summed E-state index contributed by atoms with van der Waals surface area (Å²) in [6.45, 7) is 2.07. The van der Waals surface area contributed by atoms with Gasteiger partial charge in [0.05, 0.1) is 0 Å². The lowest BCUT2D eigenvalue weighted by Gasteiger charge is -2.08. The molecule has 3 aromatic rings. The molecule has 0 aromatic heterocycles. The van der Waals surface area contributed by atoms with Crippen molar-refractivity contribution in [2.75, 3.05) is 0 Å². The summed E-state index contributed by atoms with van der Waals surface area (Å²) in [4.78, 5) is 0. The van der Waals surface area contributed by atoms with Gasteiger partial charge in [0.25, 0.3) is 0 Å². The van der Waals surface area contributed by atoms with Crippen LogP contribution in [0.15, 0.2) is 66.7 Å². The maximum Gasteiger partial charge on any atom is 0.0495 e. The Morgan fingerprint density at radius 1 is 0.762 bits per heavy atom. The minimum atomic E-state index is -0.888. The fourth-order valence-corrected chi connectivity index (χ4v) is 3.96. The second-order valence-electron chi connectivity index (χ2n) is 5.29. The lowest BCUT2D eigenvalue weighted by atomic mass is 10.1. The van der Waals surface area contributed by atoms with Gasteiger partial charge in [-0.3, -0.25) is 4.21 Å². The fraction of sp³-hybridized carbons (Fsp3) is 0.158. The number of fused-ring (bicyclic) bond motifs is 1. The molecule has 0 bridgehead atoms. The molecule has 1 nitrogen and oxygen atoms in total. The standard InChI is InChI=1S/C19H18OS/c1-15-7-2-3-9-17(15)13-21(20)14-18-11-6-10-16-8-4-5-12-19(16)18/h2-12H,13-14H2,1H3/t21-/m1/s1. The van der Waals surface area contributed by atoms with Crippen LogP contribution in [0.25, 0.3) is 10.8 Å². The van der Waals surface area contributed by atoms with Crippen molar-refractivity contribution in [2.45, 2.75) is 18.4 Å². The van der Waals surface area contributed by atoms with Gasteiger partial charge in [0.1, 0.15) is 0 Å². The lowest BCUT2D eigenvalue weighted by Crippen LogP contribution is -2.01. The predicted octanol–water partition coefficient (Wildman–Crippen LogP) is 4.60. The quantitative estimate of drug-likeness (QED) is 0.687. The van der Waals surface area contributed by atoms with Crippen molar-refractivity contribution < 1.29 is 4.21 Å². The maximum absolute atomic E-state index is 12.5. The molecular formula is C19H18OS. The maximum atomic E-state index is 12.5. The number of rotatable bonds is 4. The van der Waals surface area contributed by atoms with Crippen LogP contribution in [-0.2, 0) is 22.3 Å². The van der Waals surface area contributed by atoms with Crippen LogP contribution in [0.5, 0.6) is 0 Å². The van der Waals surface area contributed by atoms with Gasteiger partial charge in [-0.1, -0.05) is 66.7 Å². The van der Waals surface area contributed by atoms with E-state index in [0.717, 1.165) is 0 Å². The fourth-order valence-electron chi connectivity index (χ4n) is 2.59. The van der Waals surface area contributed by atoms with E-state index in [2.05, 4.69) is 43.3 Å². The van der Waals surface area contributed by atoms with E-state index >= 15 is 0 Å². The molecule has 0 N–H and O–H groups in total. The van der Waals surface area contributed by atoms with E-state index in [-0.39, 0.29) is 0 Å². The third-order valence-electron chi connectivity index (χ3n) is 3.77. The predicted molar refractivity (Wildman–Crippen MR) is 90.7 cm³/mol. The van der Waals surface area contributed by atoms with E-state index in [9.17, 15) is 4.21 Å². The molecule has 2 heteroatoms. The minimum absolute atomic E-state index is 0.607. The molecule has 0 fully saturated rings. The SMILES string of the molecule is Cc1ccccc1C[S@@](=O)Cc1cccc2ccccc12. The van der Waals surface area contributed by atoms with Gasteiger partial charge in [0.2, 0.25) is 0 Å². The van der Waals surface area contributed by atoms with Crippen molar-refractivity contribution in [3.05, 3.63) is 83.4 Å². The van der Waals surface area contributed by atoms with E-state index < -0.39 is 10.8 Å². The van der Waals surface area contributed by atoms with Gasteiger partial charge >= 0.3 is 0 Å². The summed E-state index contributed by atoms with van der Waals surface area (Å²) >= 11 is 0. The van der Waals surface area contributed by atoms with Crippen LogP contribution in [0.1, 0.15) is 16.7 Å². The summed E-state index contributed by atoms with van der Waals surface area (Å²) in [7, 11) is -0.888. The molecule has 0 radical (unpaired) electrons. The smallest absolute Gasteiger partial charge is 0.0495 e. The van der Waals surface area contributed by atoms with Crippen LogP contribution in [0.2, 0.25) is 0 Å². The molecule has 0 spiro atoms. The van der Waals surface area contributed by atoms with Crippen molar-refractivity contribution in [3.8, 4) is 0 Å². The van der Waals surface area contributed by atoms with Gasteiger partial charge in [-0.15, -0.1) is 0 Å². The van der Waals surface area contributed by atoms with Crippen LogP contribution < -0.4 is 0 Å². The second kappa shape index (κ2) is 6.23. The van der Waals surface area contributed by atoms with Crippen LogP contribution in [0.4, 0.5) is 0 Å². The Morgan fingerprint density at radius 3 is 2.24 bits per heavy atom. The molecule has 0 aliphatic rings. The molecule has 1 atom stereocenters. The van der Waals surface area contributed by atoms with Gasteiger partial charge in [0.15, 0.2) is 0 Å². The molecule has 106 valence electrons. The molecule has 0 aliphatic heterocycles. The van der Waals surface area contributed by atoms with Crippen LogP contribution in [-0.4, -0.2) is 4.21 Å². The third kappa shape index (κ3) is 3.22. The third-order valence-corrected chi connectivity index (χ3v) is 5.04. The van der Waals surface area contributed by atoms with E-state index in [0.29, 0.717) is 11.5 Å². The zero-order valence-corrected chi connectivity index (χ0v) is 12.9. The summed E-state index contributed by atoms with van der Waals surface area (Å²) in [6, 6.07) is 22.7. The summed E-state index contributed by atoms with van der Waals surface area (Å²) < 4.78 is 12.5. The number of hydrogen-bond acceptors (Lipinski definition) is 1. The van der Waals surface area contributed by atoms with E-state index in [1.807, 2.05) is 30.3 Å². The first-order valence-electron chi connectivity index (χ1n) is 7.10. The molecule has 21 heavy (non-hydrogen) atoms. The number of benzene rings is 3. The van der Waals surface area contributed by atoms with Crippen LogP contribution >= 0.6 is 0 Å². The zero-order valence-electron chi connectivity index (χ0n) is 12.1. The second-order valence-corrected chi connectivity index (χ2v) is 6.75. The molecule has 0 unspecified atom stereocenters. The van der Waals surface area contributed by atoms with Crippen molar-refractivity contribution in [3.63, 3.8) is 0 Å². The van der Waals surface area contributed by atoms with Gasteiger partial charge in [0, 0.05) is 22.3 Å².